The number of halogens is 1. The minimum Gasteiger partial charge on any atom is -0.353 e. The zero-order chi connectivity index (χ0) is 14.0. The van der Waals surface area contributed by atoms with Gasteiger partial charge in [0.1, 0.15) is 5.82 Å². The zero-order valence-corrected chi connectivity index (χ0v) is 13.9. The lowest BCUT2D eigenvalue weighted by Crippen LogP contribution is -2.30. The standard InChI is InChI=1S/C15H24BrN3/c1-10(2)17-7-13-6-14(16)8-18-15(13)19-9-11(3)5-12(19)4/h6,8,10-12,17H,5,7,9H2,1-4H3. The van der Waals surface area contributed by atoms with E-state index in [-0.39, 0.29) is 0 Å². The monoisotopic (exact) mass is 325 g/mol. The van der Waals surface area contributed by atoms with Gasteiger partial charge in [-0.15, -0.1) is 0 Å². The van der Waals surface area contributed by atoms with E-state index < -0.39 is 0 Å². The van der Waals surface area contributed by atoms with Crippen molar-refractivity contribution in [2.75, 3.05) is 11.4 Å². The average Bonchev–Trinajstić information content (AvgIpc) is 2.66. The number of rotatable bonds is 4. The van der Waals surface area contributed by atoms with Crippen LogP contribution in [0, 0.1) is 5.92 Å². The first-order chi connectivity index (χ1) is 8.97. The Balaban J connectivity index is 2.23. The predicted octanol–water partition coefficient (Wildman–Crippen LogP) is 3.58. The van der Waals surface area contributed by atoms with Gasteiger partial charge in [0.15, 0.2) is 0 Å². The molecule has 1 aliphatic heterocycles. The lowest BCUT2D eigenvalue weighted by Gasteiger charge is -2.25. The third-order valence-electron chi connectivity index (χ3n) is 3.67. The molecule has 19 heavy (non-hydrogen) atoms. The van der Waals surface area contributed by atoms with Gasteiger partial charge in [0.2, 0.25) is 0 Å². The summed E-state index contributed by atoms with van der Waals surface area (Å²) in [6, 6.07) is 3.26. The van der Waals surface area contributed by atoms with Crippen molar-refractivity contribution in [1.82, 2.24) is 10.3 Å². The second kappa shape index (κ2) is 6.23. The Labute approximate surface area is 124 Å². The Kier molecular flexibility index (Phi) is 4.85. The Morgan fingerprint density at radius 3 is 2.79 bits per heavy atom. The van der Waals surface area contributed by atoms with Crippen LogP contribution >= 0.6 is 15.9 Å². The summed E-state index contributed by atoms with van der Waals surface area (Å²) in [4.78, 5) is 7.11. The van der Waals surface area contributed by atoms with Crippen molar-refractivity contribution in [1.29, 1.82) is 0 Å². The minimum absolute atomic E-state index is 0.488. The van der Waals surface area contributed by atoms with Crippen LogP contribution in [-0.2, 0) is 6.54 Å². The molecular formula is C15H24BrN3. The molecule has 2 atom stereocenters. The van der Waals surface area contributed by atoms with Crippen molar-refractivity contribution in [2.45, 2.75) is 52.7 Å². The molecule has 1 aromatic rings. The van der Waals surface area contributed by atoms with Crippen molar-refractivity contribution < 1.29 is 0 Å². The van der Waals surface area contributed by atoms with E-state index in [0.29, 0.717) is 12.1 Å². The van der Waals surface area contributed by atoms with E-state index in [4.69, 9.17) is 0 Å². The lowest BCUT2D eigenvalue weighted by molar-refractivity contribution is 0.585. The molecule has 0 bridgehead atoms. The van der Waals surface area contributed by atoms with E-state index in [1.807, 2.05) is 6.20 Å². The fourth-order valence-electron chi connectivity index (χ4n) is 2.77. The maximum atomic E-state index is 4.66. The van der Waals surface area contributed by atoms with E-state index in [1.165, 1.54) is 12.0 Å². The van der Waals surface area contributed by atoms with Crippen LogP contribution in [0.25, 0.3) is 0 Å². The Bertz CT molecular complexity index is 433. The molecule has 3 nitrogen and oxygen atoms in total. The summed E-state index contributed by atoms with van der Waals surface area (Å²) in [5.41, 5.74) is 1.28. The largest absolute Gasteiger partial charge is 0.353 e. The summed E-state index contributed by atoms with van der Waals surface area (Å²) in [6.45, 7) is 11.0. The highest BCUT2D eigenvalue weighted by Crippen LogP contribution is 2.30. The average molecular weight is 326 g/mol. The molecule has 0 aromatic carbocycles. The number of hydrogen-bond acceptors (Lipinski definition) is 3. The van der Waals surface area contributed by atoms with Gasteiger partial charge in [0.05, 0.1) is 0 Å². The first-order valence-electron chi connectivity index (χ1n) is 7.11. The Morgan fingerprint density at radius 1 is 1.47 bits per heavy atom. The van der Waals surface area contributed by atoms with Gasteiger partial charge < -0.3 is 10.2 Å². The third-order valence-corrected chi connectivity index (χ3v) is 4.10. The molecule has 4 heteroatoms. The summed E-state index contributed by atoms with van der Waals surface area (Å²) < 4.78 is 1.05. The highest BCUT2D eigenvalue weighted by Gasteiger charge is 2.28. The van der Waals surface area contributed by atoms with Crippen molar-refractivity contribution >= 4 is 21.7 Å². The number of hydrogen-bond donors (Lipinski definition) is 1. The van der Waals surface area contributed by atoms with Crippen LogP contribution in [0.15, 0.2) is 16.7 Å². The molecular weight excluding hydrogens is 302 g/mol. The van der Waals surface area contributed by atoms with Gasteiger partial charge in [-0.05, 0) is 41.3 Å². The van der Waals surface area contributed by atoms with Gasteiger partial charge in [-0.25, -0.2) is 4.98 Å². The summed E-state index contributed by atoms with van der Waals surface area (Å²) in [6.07, 6.45) is 3.17. The molecule has 2 heterocycles. The van der Waals surface area contributed by atoms with Crippen LogP contribution in [0.3, 0.4) is 0 Å². The van der Waals surface area contributed by atoms with Crippen LogP contribution < -0.4 is 10.2 Å². The van der Waals surface area contributed by atoms with E-state index in [1.54, 1.807) is 0 Å². The Hall–Kier alpha value is -0.610. The van der Waals surface area contributed by atoms with E-state index in [9.17, 15) is 0 Å². The number of nitrogens with one attached hydrogen (secondary N) is 1. The van der Waals surface area contributed by atoms with Crippen LogP contribution in [0.1, 0.15) is 39.7 Å². The van der Waals surface area contributed by atoms with Gasteiger partial charge in [-0.2, -0.15) is 0 Å². The highest BCUT2D eigenvalue weighted by molar-refractivity contribution is 9.10. The first kappa shape index (κ1) is 14.8. The molecule has 0 radical (unpaired) electrons. The zero-order valence-electron chi connectivity index (χ0n) is 12.3. The maximum Gasteiger partial charge on any atom is 0.133 e. The van der Waals surface area contributed by atoms with Gasteiger partial charge in [-0.3, -0.25) is 0 Å². The molecule has 1 aliphatic rings. The van der Waals surface area contributed by atoms with Crippen LogP contribution in [0.4, 0.5) is 5.82 Å². The van der Waals surface area contributed by atoms with Gasteiger partial charge in [0, 0.05) is 41.4 Å². The quantitative estimate of drug-likeness (QED) is 0.917. The van der Waals surface area contributed by atoms with Crippen molar-refractivity contribution in [3.8, 4) is 0 Å². The minimum atomic E-state index is 0.488. The smallest absolute Gasteiger partial charge is 0.133 e. The van der Waals surface area contributed by atoms with Gasteiger partial charge in [0.25, 0.3) is 0 Å². The van der Waals surface area contributed by atoms with Crippen LogP contribution in [-0.4, -0.2) is 23.6 Å². The third kappa shape index (κ3) is 3.69. The molecule has 1 fully saturated rings. The first-order valence-corrected chi connectivity index (χ1v) is 7.91. The van der Waals surface area contributed by atoms with E-state index in [2.05, 4.69) is 64.9 Å². The molecule has 106 valence electrons. The van der Waals surface area contributed by atoms with Gasteiger partial charge >= 0.3 is 0 Å². The summed E-state index contributed by atoms with van der Waals surface area (Å²) in [5, 5.41) is 3.49. The molecule has 1 saturated heterocycles. The molecule has 1 N–H and O–H groups in total. The number of aromatic nitrogens is 1. The number of pyridine rings is 1. The van der Waals surface area contributed by atoms with E-state index in [0.717, 1.165) is 29.3 Å². The highest BCUT2D eigenvalue weighted by atomic mass is 79.9. The molecule has 0 amide bonds. The molecule has 0 spiro atoms. The SMILES string of the molecule is CC1CC(C)N(c2ncc(Br)cc2CNC(C)C)C1. The topological polar surface area (TPSA) is 28.2 Å². The predicted molar refractivity (Wildman–Crippen MR) is 84.5 cm³/mol. The second-order valence-corrected chi connectivity index (χ2v) is 6.93. The fraction of sp³-hybridized carbons (Fsp3) is 0.667. The van der Waals surface area contributed by atoms with Crippen molar-refractivity contribution in [2.24, 2.45) is 5.92 Å². The van der Waals surface area contributed by atoms with E-state index >= 15 is 0 Å². The molecule has 0 aliphatic carbocycles. The van der Waals surface area contributed by atoms with Crippen molar-refractivity contribution in [3.63, 3.8) is 0 Å². The lowest BCUT2D eigenvalue weighted by atomic mass is 10.1. The summed E-state index contributed by atoms with van der Waals surface area (Å²) in [7, 11) is 0. The van der Waals surface area contributed by atoms with Gasteiger partial charge in [-0.1, -0.05) is 20.8 Å². The molecule has 2 unspecified atom stereocenters. The summed E-state index contributed by atoms with van der Waals surface area (Å²) in [5.74, 6) is 1.90. The summed E-state index contributed by atoms with van der Waals surface area (Å²) >= 11 is 3.53. The molecule has 1 aromatic heterocycles. The van der Waals surface area contributed by atoms with Crippen LogP contribution in [0.5, 0.6) is 0 Å². The number of nitrogens with zero attached hydrogens (tertiary/aromatic N) is 2. The second-order valence-electron chi connectivity index (χ2n) is 6.01. The Morgan fingerprint density at radius 2 is 2.21 bits per heavy atom. The fourth-order valence-corrected chi connectivity index (χ4v) is 3.15. The van der Waals surface area contributed by atoms with Crippen LogP contribution in [0.2, 0.25) is 0 Å². The normalized spacial score (nSPS) is 23.4. The number of anilines is 1. The maximum absolute atomic E-state index is 4.66. The van der Waals surface area contributed by atoms with Crippen molar-refractivity contribution in [3.05, 3.63) is 22.3 Å². The molecule has 2 rings (SSSR count). The molecule has 0 saturated carbocycles.